The van der Waals surface area contributed by atoms with Crippen LogP contribution in [-0.4, -0.2) is 32.8 Å². The molecule has 96 valence electrons. The first kappa shape index (κ1) is 12.4. The Labute approximate surface area is 105 Å². The van der Waals surface area contributed by atoms with Crippen molar-refractivity contribution in [2.24, 2.45) is 0 Å². The monoisotopic (exact) mass is 267 g/mol. The van der Waals surface area contributed by atoms with E-state index < -0.39 is 10.0 Å². The molecule has 1 heterocycles. The van der Waals surface area contributed by atoms with Gasteiger partial charge < -0.3 is 4.74 Å². The highest BCUT2D eigenvalue weighted by Gasteiger charge is 2.22. The lowest BCUT2D eigenvalue weighted by Gasteiger charge is -2.18. The first-order chi connectivity index (χ1) is 8.55. The molecule has 2 aromatic rings. The Balaban J connectivity index is 2.33. The van der Waals surface area contributed by atoms with Crippen LogP contribution in [0.5, 0.6) is 5.75 Å². The number of anilines is 1. The number of sulfonamides is 1. The van der Waals surface area contributed by atoms with Crippen molar-refractivity contribution in [3.63, 3.8) is 0 Å². The number of rotatable bonds is 4. The van der Waals surface area contributed by atoms with Gasteiger partial charge in [-0.1, -0.05) is 0 Å². The summed E-state index contributed by atoms with van der Waals surface area (Å²) in [6, 6.07) is 8.16. The minimum atomic E-state index is -3.59. The van der Waals surface area contributed by atoms with E-state index >= 15 is 0 Å². The largest absolute Gasteiger partial charge is 0.497 e. The van der Waals surface area contributed by atoms with Crippen molar-refractivity contribution in [1.29, 1.82) is 0 Å². The van der Waals surface area contributed by atoms with Gasteiger partial charge in [0.05, 0.1) is 19.0 Å². The van der Waals surface area contributed by atoms with Gasteiger partial charge in [0.2, 0.25) is 0 Å². The molecule has 0 saturated heterocycles. The van der Waals surface area contributed by atoms with E-state index in [-0.39, 0.29) is 5.03 Å². The van der Waals surface area contributed by atoms with E-state index in [4.69, 9.17) is 4.74 Å². The third kappa shape index (κ3) is 2.17. The molecule has 1 aromatic carbocycles. The molecular weight excluding hydrogens is 254 g/mol. The van der Waals surface area contributed by atoms with Gasteiger partial charge in [0.25, 0.3) is 10.0 Å². The zero-order valence-electron chi connectivity index (χ0n) is 9.99. The van der Waals surface area contributed by atoms with Crippen molar-refractivity contribution in [2.75, 3.05) is 18.5 Å². The first-order valence-electron chi connectivity index (χ1n) is 5.18. The molecule has 0 aliphatic carbocycles. The normalized spacial score (nSPS) is 11.2. The van der Waals surface area contributed by atoms with Crippen molar-refractivity contribution < 1.29 is 13.2 Å². The maximum atomic E-state index is 12.2. The minimum absolute atomic E-state index is 0.0563. The maximum Gasteiger partial charge on any atom is 0.281 e. The quantitative estimate of drug-likeness (QED) is 0.904. The summed E-state index contributed by atoms with van der Waals surface area (Å²) in [4.78, 5) is 0. The molecular formula is C11H13N3O3S. The van der Waals surface area contributed by atoms with E-state index in [9.17, 15) is 8.42 Å². The van der Waals surface area contributed by atoms with Crippen molar-refractivity contribution in [3.05, 3.63) is 36.5 Å². The lowest BCUT2D eigenvalue weighted by molar-refractivity contribution is 0.415. The van der Waals surface area contributed by atoms with Gasteiger partial charge in [0, 0.05) is 7.05 Å². The molecule has 0 saturated carbocycles. The summed E-state index contributed by atoms with van der Waals surface area (Å²) in [7, 11) is -0.554. The number of H-pyrrole nitrogens is 1. The van der Waals surface area contributed by atoms with Gasteiger partial charge in [-0.2, -0.15) is 13.5 Å². The van der Waals surface area contributed by atoms with E-state index in [0.717, 1.165) is 0 Å². The van der Waals surface area contributed by atoms with Crippen LogP contribution in [0.1, 0.15) is 0 Å². The standard InChI is InChI=1S/C11H13N3O3S/c1-14(9-3-5-10(17-2)6-4-9)18(15,16)11-7-8-12-13-11/h3-8H,1-2H3,(H,12,13). The van der Waals surface area contributed by atoms with E-state index in [1.165, 1.54) is 23.6 Å². The number of benzene rings is 1. The third-order valence-electron chi connectivity index (χ3n) is 2.55. The molecule has 0 spiro atoms. The van der Waals surface area contributed by atoms with Gasteiger partial charge in [-0.15, -0.1) is 0 Å². The van der Waals surface area contributed by atoms with Gasteiger partial charge in [0.1, 0.15) is 5.75 Å². The number of hydrogen-bond acceptors (Lipinski definition) is 4. The highest BCUT2D eigenvalue weighted by molar-refractivity contribution is 7.92. The van der Waals surface area contributed by atoms with Gasteiger partial charge in [0.15, 0.2) is 5.03 Å². The van der Waals surface area contributed by atoms with Crippen LogP contribution in [0.4, 0.5) is 5.69 Å². The second kappa shape index (κ2) is 4.69. The van der Waals surface area contributed by atoms with Crippen molar-refractivity contribution in [2.45, 2.75) is 5.03 Å². The number of nitrogens with one attached hydrogen (secondary N) is 1. The smallest absolute Gasteiger partial charge is 0.281 e. The Hall–Kier alpha value is -2.02. The fourth-order valence-electron chi connectivity index (χ4n) is 1.47. The number of aromatic amines is 1. The minimum Gasteiger partial charge on any atom is -0.497 e. The lowest BCUT2D eigenvalue weighted by Crippen LogP contribution is -2.26. The molecule has 0 radical (unpaired) electrons. The number of hydrogen-bond donors (Lipinski definition) is 1. The van der Waals surface area contributed by atoms with Crippen LogP contribution in [0.25, 0.3) is 0 Å². The van der Waals surface area contributed by atoms with Gasteiger partial charge in [-0.05, 0) is 30.3 Å². The van der Waals surface area contributed by atoms with Crippen molar-refractivity contribution >= 4 is 15.7 Å². The second-order valence-corrected chi connectivity index (χ2v) is 5.53. The van der Waals surface area contributed by atoms with Crippen LogP contribution in [0, 0.1) is 0 Å². The van der Waals surface area contributed by atoms with Crippen LogP contribution in [0.2, 0.25) is 0 Å². The van der Waals surface area contributed by atoms with Crippen molar-refractivity contribution in [3.8, 4) is 5.75 Å². The van der Waals surface area contributed by atoms with Crippen LogP contribution in [-0.2, 0) is 10.0 Å². The molecule has 0 atom stereocenters. The Kier molecular flexibility index (Phi) is 3.24. The van der Waals surface area contributed by atoms with E-state index in [1.54, 1.807) is 31.4 Å². The fourth-order valence-corrected chi connectivity index (χ4v) is 2.56. The van der Waals surface area contributed by atoms with Gasteiger partial charge in [-0.3, -0.25) is 9.40 Å². The average Bonchev–Trinajstić information content (AvgIpc) is 2.92. The highest BCUT2D eigenvalue weighted by Crippen LogP contribution is 2.22. The zero-order chi connectivity index (χ0) is 13.2. The van der Waals surface area contributed by atoms with Crippen LogP contribution < -0.4 is 9.04 Å². The molecule has 0 unspecified atom stereocenters. The summed E-state index contributed by atoms with van der Waals surface area (Å²) in [6.07, 6.45) is 1.40. The van der Waals surface area contributed by atoms with E-state index in [2.05, 4.69) is 10.2 Å². The molecule has 0 fully saturated rings. The summed E-state index contributed by atoms with van der Waals surface area (Å²) in [5.41, 5.74) is 0.547. The molecule has 1 N–H and O–H groups in total. The number of methoxy groups -OCH3 is 1. The Bertz CT molecular complexity index is 605. The summed E-state index contributed by atoms with van der Waals surface area (Å²) in [5, 5.41) is 6.14. The van der Waals surface area contributed by atoms with Crippen LogP contribution >= 0.6 is 0 Å². The first-order valence-corrected chi connectivity index (χ1v) is 6.62. The molecule has 0 amide bonds. The summed E-state index contributed by atoms with van der Waals surface area (Å²) < 4.78 is 30.5. The third-order valence-corrected chi connectivity index (χ3v) is 4.26. The Morgan fingerprint density at radius 3 is 2.39 bits per heavy atom. The zero-order valence-corrected chi connectivity index (χ0v) is 10.8. The maximum absolute atomic E-state index is 12.2. The summed E-state index contributed by atoms with van der Waals surface area (Å²) >= 11 is 0. The van der Waals surface area contributed by atoms with Gasteiger partial charge >= 0.3 is 0 Å². The van der Waals surface area contributed by atoms with Crippen LogP contribution in [0.15, 0.2) is 41.6 Å². The second-order valence-electron chi connectivity index (χ2n) is 3.59. The molecule has 18 heavy (non-hydrogen) atoms. The lowest BCUT2D eigenvalue weighted by atomic mass is 10.3. The molecule has 0 aliphatic rings. The molecule has 1 aromatic heterocycles. The fraction of sp³-hybridized carbons (Fsp3) is 0.182. The van der Waals surface area contributed by atoms with Crippen LogP contribution in [0.3, 0.4) is 0 Å². The molecule has 7 heteroatoms. The Morgan fingerprint density at radius 1 is 1.22 bits per heavy atom. The summed E-state index contributed by atoms with van der Waals surface area (Å²) in [6.45, 7) is 0. The summed E-state index contributed by atoms with van der Waals surface area (Å²) in [5.74, 6) is 0.672. The highest BCUT2D eigenvalue weighted by atomic mass is 32.2. The van der Waals surface area contributed by atoms with Gasteiger partial charge in [-0.25, -0.2) is 0 Å². The average molecular weight is 267 g/mol. The molecule has 0 bridgehead atoms. The predicted molar refractivity (Wildman–Crippen MR) is 67.2 cm³/mol. The molecule has 0 aliphatic heterocycles. The molecule has 6 nitrogen and oxygen atoms in total. The number of ether oxygens (including phenoxy) is 1. The predicted octanol–water partition coefficient (Wildman–Crippen LogP) is 1.24. The number of aromatic nitrogens is 2. The SMILES string of the molecule is COc1ccc(N(C)S(=O)(=O)c2ccn[nH]2)cc1. The topological polar surface area (TPSA) is 75.3 Å². The Morgan fingerprint density at radius 2 is 1.89 bits per heavy atom. The number of nitrogens with zero attached hydrogens (tertiary/aromatic N) is 2. The van der Waals surface area contributed by atoms with E-state index in [1.807, 2.05) is 0 Å². The molecule has 2 rings (SSSR count). The van der Waals surface area contributed by atoms with Crippen molar-refractivity contribution in [1.82, 2.24) is 10.2 Å². The van der Waals surface area contributed by atoms with E-state index in [0.29, 0.717) is 11.4 Å².